The summed E-state index contributed by atoms with van der Waals surface area (Å²) in [6, 6.07) is 0. The molecule has 2 aliphatic heterocycles. The summed E-state index contributed by atoms with van der Waals surface area (Å²) >= 11 is 1.54. The maximum atomic E-state index is 10.9. The molecule has 0 amide bonds. The molecule has 0 saturated carbocycles. The zero-order chi connectivity index (χ0) is 13.7. The molecule has 0 aromatic carbocycles. The van der Waals surface area contributed by atoms with E-state index >= 15 is 0 Å². The van der Waals surface area contributed by atoms with E-state index in [1.165, 1.54) is 18.2 Å². The Morgan fingerprint density at radius 1 is 1.53 bits per heavy atom. The van der Waals surface area contributed by atoms with Crippen LogP contribution in [0.2, 0.25) is 0 Å². The Balaban J connectivity index is 1.80. The van der Waals surface area contributed by atoms with Crippen molar-refractivity contribution in [3.8, 4) is 0 Å². The number of rotatable bonds is 5. The fraction of sp³-hybridized carbons (Fsp3) is 0.500. The van der Waals surface area contributed by atoms with Crippen LogP contribution in [0, 0.1) is 0 Å². The molecular weight excluding hydrogens is 264 g/mol. The second kappa shape index (κ2) is 6.63. The predicted octanol–water partition coefficient (Wildman–Crippen LogP) is 0.366. The van der Waals surface area contributed by atoms with E-state index in [-0.39, 0.29) is 5.57 Å². The maximum Gasteiger partial charge on any atom is 0.338 e. The number of nitrogens with zero attached hydrogens (tertiary/aromatic N) is 3. The molecule has 0 aliphatic carbocycles. The van der Waals surface area contributed by atoms with E-state index in [1.807, 2.05) is 4.31 Å². The molecular formula is C12H18N4O2S. The Morgan fingerprint density at radius 2 is 2.26 bits per heavy atom. The normalized spacial score (nSPS) is 19.3. The van der Waals surface area contributed by atoms with Crippen molar-refractivity contribution in [2.24, 2.45) is 4.99 Å². The molecule has 104 valence electrons. The summed E-state index contributed by atoms with van der Waals surface area (Å²) in [6.45, 7) is 8.51. The molecule has 2 rings (SSSR count). The van der Waals surface area contributed by atoms with Crippen LogP contribution >= 0.6 is 11.9 Å². The van der Waals surface area contributed by atoms with Crippen LogP contribution in [0.3, 0.4) is 0 Å². The SMILES string of the molecule is C=C(CSN1C=C(C(=O)O)C=NC1)N1CCNCC1. The van der Waals surface area contributed by atoms with Crippen LogP contribution in [0.15, 0.2) is 29.0 Å². The number of aliphatic carboxylic acids is 1. The third-order valence-electron chi connectivity index (χ3n) is 2.94. The third kappa shape index (κ3) is 4.00. The lowest BCUT2D eigenvalue weighted by molar-refractivity contribution is -0.132. The predicted molar refractivity (Wildman–Crippen MR) is 77.0 cm³/mol. The highest BCUT2D eigenvalue weighted by Crippen LogP contribution is 2.19. The highest BCUT2D eigenvalue weighted by atomic mass is 32.2. The summed E-state index contributed by atoms with van der Waals surface area (Å²) in [7, 11) is 0. The minimum atomic E-state index is -0.949. The first-order valence-electron chi connectivity index (χ1n) is 6.15. The number of carbonyl (C=O) groups is 1. The summed E-state index contributed by atoms with van der Waals surface area (Å²) in [5, 5.41) is 12.2. The Bertz CT molecular complexity index is 416. The van der Waals surface area contributed by atoms with Gasteiger partial charge in [-0.15, -0.1) is 0 Å². The van der Waals surface area contributed by atoms with Crippen molar-refractivity contribution in [3.63, 3.8) is 0 Å². The molecule has 0 radical (unpaired) electrons. The number of carboxylic acid groups (broad SMARTS) is 1. The van der Waals surface area contributed by atoms with Crippen molar-refractivity contribution in [2.45, 2.75) is 0 Å². The van der Waals surface area contributed by atoms with Gasteiger partial charge in [-0.1, -0.05) is 6.58 Å². The summed E-state index contributed by atoms with van der Waals surface area (Å²) in [5.74, 6) is -0.200. The lowest BCUT2D eigenvalue weighted by Crippen LogP contribution is -2.43. The van der Waals surface area contributed by atoms with E-state index in [1.54, 1.807) is 6.20 Å². The van der Waals surface area contributed by atoms with Gasteiger partial charge in [0.25, 0.3) is 0 Å². The van der Waals surface area contributed by atoms with E-state index < -0.39 is 5.97 Å². The average Bonchev–Trinajstić information content (AvgIpc) is 2.46. The van der Waals surface area contributed by atoms with E-state index in [9.17, 15) is 4.79 Å². The molecule has 1 saturated heterocycles. The van der Waals surface area contributed by atoms with Crippen LogP contribution in [0.5, 0.6) is 0 Å². The first kappa shape index (κ1) is 14.0. The van der Waals surface area contributed by atoms with Gasteiger partial charge in [-0.3, -0.25) is 4.99 Å². The fourth-order valence-electron chi connectivity index (χ4n) is 1.87. The third-order valence-corrected chi connectivity index (χ3v) is 3.96. The van der Waals surface area contributed by atoms with Gasteiger partial charge in [-0.2, -0.15) is 0 Å². The molecule has 0 aromatic heterocycles. The van der Waals surface area contributed by atoms with Gasteiger partial charge in [-0.05, 0) is 11.9 Å². The van der Waals surface area contributed by atoms with Crippen molar-refractivity contribution >= 4 is 24.1 Å². The summed E-state index contributed by atoms with van der Waals surface area (Å²) in [6.07, 6.45) is 3.01. The second-order valence-corrected chi connectivity index (χ2v) is 5.35. The lowest BCUT2D eigenvalue weighted by Gasteiger charge is -2.31. The monoisotopic (exact) mass is 282 g/mol. The van der Waals surface area contributed by atoms with Gasteiger partial charge in [-0.25, -0.2) is 4.79 Å². The topological polar surface area (TPSA) is 68.2 Å². The number of nitrogens with one attached hydrogen (secondary N) is 1. The van der Waals surface area contributed by atoms with Crippen LogP contribution in [-0.2, 0) is 4.79 Å². The van der Waals surface area contributed by atoms with Gasteiger partial charge in [0.15, 0.2) is 0 Å². The van der Waals surface area contributed by atoms with Crippen LogP contribution in [0.4, 0.5) is 0 Å². The molecule has 2 N–H and O–H groups in total. The quantitative estimate of drug-likeness (QED) is 0.710. The van der Waals surface area contributed by atoms with Crippen molar-refractivity contribution in [2.75, 3.05) is 38.6 Å². The van der Waals surface area contributed by atoms with Crippen LogP contribution < -0.4 is 5.32 Å². The van der Waals surface area contributed by atoms with Crippen molar-refractivity contribution in [1.29, 1.82) is 0 Å². The molecule has 1 fully saturated rings. The molecule has 0 spiro atoms. The Kier molecular flexibility index (Phi) is 4.86. The summed E-state index contributed by atoms with van der Waals surface area (Å²) in [5.41, 5.74) is 1.29. The molecule has 7 heteroatoms. The average molecular weight is 282 g/mol. The molecule has 2 heterocycles. The summed E-state index contributed by atoms with van der Waals surface area (Å²) < 4.78 is 1.83. The van der Waals surface area contributed by atoms with Crippen LogP contribution in [0.25, 0.3) is 0 Å². The van der Waals surface area contributed by atoms with Gasteiger partial charge in [0.1, 0.15) is 6.67 Å². The number of carboxylic acids is 1. The van der Waals surface area contributed by atoms with Gasteiger partial charge in [0, 0.05) is 44.3 Å². The Labute approximate surface area is 117 Å². The standard InChI is InChI=1S/C12H18N4O2S/c1-10(15-4-2-13-3-5-15)8-19-16-7-11(12(17)18)6-14-9-16/h6-7,13H,1-5,8-9H2,(H,17,18). The minimum absolute atomic E-state index is 0.214. The second-order valence-electron chi connectivity index (χ2n) is 4.34. The molecule has 2 aliphatic rings. The number of hydrogen-bond donors (Lipinski definition) is 2. The lowest BCUT2D eigenvalue weighted by atomic mass is 10.3. The zero-order valence-electron chi connectivity index (χ0n) is 10.7. The first-order chi connectivity index (χ1) is 9.16. The minimum Gasteiger partial charge on any atom is -0.478 e. The number of hydrogen-bond acceptors (Lipinski definition) is 6. The van der Waals surface area contributed by atoms with Gasteiger partial charge in [0.05, 0.1) is 11.3 Å². The van der Waals surface area contributed by atoms with Gasteiger partial charge < -0.3 is 19.6 Å². The van der Waals surface area contributed by atoms with Crippen molar-refractivity contribution in [3.05, 3.63) is 24.0 Å². The molecule has 19 heavy (non-hydrogen) atoms. The Hall–Kier alpha value is -1.47. The van der Waals surface area contributed by atoms with Gasteiger partial charge in [0.2, 0.25) is 0 Å². The molecule has 6 nitrogen and oxygen atoms in total. The van der Waals surface area contributed by atoms with Crippen LogP contribution in [-0.4, -0.2) is 65.1 Å². The van der Waals surface area contributed by atoms with Crippen LogP contribution in [0.1, 0.15) is 0 Å². The smallest absolute Gasteiger partial charge is 0.338 e. The molecule has 0 unspecified atom stereocenters. The van der Waals surface area contributed by atoms with E-state index in [2.05, 4.69) is 21.8 Å². The van der Waals surface area contributed by atoms with E-state index in [0.29, 0.717) is 6.67 Å². The Morgan fingerprint density at radius 3 is 2.95 bits per heavy atom. The number of aliphatic imine (C=N–C) groups is 1. The maximum absolute atomic E-state index is 10.9. The van der Waals surface area contributed by atoms with E-state index in [0.717, 1.165) is 37.6 Å². The first-order valence-corrected chi connectivity index (χ1v) is 7.09. The zero-order valence-corrected chi connectivity index (χ0v) is 11.5. The van der Waals surface area contributed by atoms with Crippen molar-refractivity contribution < 1.29 is 9.90 Å². The largest absolute Gasteiger partial charge is 0.478 e. The van der Waals surface area contributed by atoms with Crippen molar-refractivity contribution in [1.82, 2.24) is 14.5 Å². The summed E-state index contributed by atoms with van der Waals surface area (Å²) in [4.78, 5) is 17.1. The fourth-order valence-corrected chi connectivity index (χ4v) is 2.70. The highest BCUT2D eigenvalue weighted by molar-refractivity contribution is 7.97. The highest BCUT2D eigenvalue weighted by Gasteiger charge is 2.15. The molecule has 0 aromatic rings. The molecule has 0 atom stereocenters. The number of piperazine rings is 1. The van der Waals surface area contributed by atoms with E-state index in [4.69, 9.17) is 5.11 Å². The molecule has 0 bridgehead atoms. The van der Waals surface area contributed by atoms with Gasteiger partial charge >= 0.3 is 5.97 Å².